The first-order valence-corrected chi connectivity index (χ1v) is 9.69. The zero-order chi connectivity index (χ0) is 19.0. The molecule has 138 valence electrons. The molecule has 0 saturated carbocycles. The molecule has 1 N–H and O–H groups in total. The molecule has 0 bridgehead atoms. The molecule has 7 heteroatoms. The van der Waals surface area contributed by atoms with Gasteiger partial charge in [-0.2, -0.15) is 0 Å². The molecular formula is C20H20N4O2S. The minimum atomic E-state index is -0.272. The quantitative estimate of drug-likeness (QED) is 0.512. The molecule has 1 amide bonds. The number of amides is 1. The first kappa shape index (κ1) is 17.6. The van der Waals surface area contributed by atoms with Crippen molar-refractivity contribution in [2.45, 2.75) is 37.5 Å². The lowest BCUT2D eigenvalue weighted by Crippen LogP contribution is -2.25. The highest BCUT2D eigenvalue weighted by Crippen LogP contribution is 2.31. The van der Waals surface area contributed by atoms with Gasteiger partial charge in [0.1, 0.15) is 11.4 Å². The number of aromatic nitrogens is 3. The highest BCUT2D eigenvalue weighted by atomic mass is 32.2. The van der Waals surface area contributed by atoms with Crippen LogP contribution in [0.3, 0.4) is 0 Å². The molecule has 4 rings (SSSR count). The Labute approximate surface area is 161 Å². The summed E-state index contributed by atoms with van der Waals surface area (Å²) in [6.07, 6.45) is 3.99. The van der Waals surface area contributed by atoms with Crippen molar-refractivity contribution >= 4 is 40.0 Å². The van der Waals surface area contributed by atoms with Gasteiger partial charge in [-0.05, 0) is 37.5 Å². The number of nitrogens with zero attached hydrogens (tertiary/aromatic N) is 3. The van der Waals surface area contributed by atoms with Crippen LogP contribution in [-0.4, -0.2) is 25.8 Å². The molecule has 0 fully saturated rings. The number of rotatable bonds is 5. The third kappa shape index (κ3) is 3.30. The van der Waals surface area contributed by atoms with E-state index >= 15 is 0 Å². The fraction of sp³-hybridized carbons (Fsp3) is 0.250. The van der Waals surface area contributed by atoms with Gasteiger partial charge in [0.15, 0.2) is 5.58 Å². The molecule has 0 aliphatic heterocycles. The second-order valence-corrected chi connectivity index (χ2v) is 7.72. The van der Waals surface area contributed by atoms with E-state index in [-0.39, 0.29) is 11.2 Å². The zero-order valence-electron chi connectivity index (χ0n) is 15.4. The molecule has 3 heterocycles. The van der Waals surface area contributed by atoms with E-state index in [0.717, 1.165) is 33.4 Å². The fourth-order valence-electron chi connectivity index (χ4n) is 3.04. The summed E-state index contributed by atoms with van der Waals surface area (Å²) in [6, 6.07) is 9.87. The van der Waals surface area contributed by atoms with Gasteiger partial charge in [-0.1, -0.05) is 30.8 Å². The number of benzene rings is 1. The summed E-state index contributed by atoms with van der Waals surface area (Å²) in [5.41, 5.74) is 5.62. The molecule has 0 aliphatic rings. The second-order valence-electron chi connectivity index (χ2n) is 6.53. The number of nitrogens with one attached hydrogen (secondary N) is 1. The Hall–Kier alpha value is -2.80. The second kappa shape index (κ2) is 7.08. The number of hydrogen-bond acceptors (Lipinski definition) is 5. The molecule has 3 aromatic heterocycles. The maximum atomic E-state index is 12.9. The summed E-state index contributed by atoms with van der Waals surface area (Å²) < 4.78 is 7.41. The molecule has 0 radical (unpaired) electrons. The third-order valence-electron chi connectivity index (χ3n) is 4.56. The number of aryl methyl sites for hydroxylation is 2. The zero-order valence-corrected chi connectivity index (χ0v) is 16.2. The highest BCUT2D eigenvalue weighted by molar-refractivity contribution is 8.00. The minimum absolute atomic E-state index is 0.0322. The van der Waals surface area contributed by atoms with Gasteiger partial charge in [-0.15, -0.1) is 10.2 Å². The van der Waals surface area contributed by atoms with E-state index in [0.29, 0.717) is 11.4 Å². The predicted octanol–water partition coefficient (Wildman–Crippen LogP) is 4.60. The Morgan fingerprint density at radius 3 is 2.93 bits per heavy atom. The summed E-state index contributed by atoms with van der Waals surface area (Å²) in [6.45, 7) is 6.00. The fourth-order valence-corrected chi connectivity index (χ4v) is 4.01. The van der Waals surface area contributed by atoms with E-state index in [1.54, 1.807) is 12.6 Å². The van der Waals surface area contributed by atoms with Crippen LogP contribution in [0.25, 0.3) is 16.6 Å². The van der Waals surface area contributed by atoms with Crippen LogP contribution in [0.2, 0.25) is 0 Å². The van der Waals surface area contributed by atoms with E-state index in [2.05, 4.69) is 15.5 Å². The van der Waals surface area contributed by atoms with Gasteiger partial charge >= 0.3 is 0 Å². The van der Waals surface area contributed by atoms with Gasteiger partial charge < -0.3 is 9.73 Å². The van der Waals surface area contributed by atoms with E-state index in [9.17, 15) is 4.79 Å². The molecule has 0 saturated heterocycles. The van der Waals surface area contributed by atoms with E-state index in [1.165, 1.54) is 11.8 Å². The van der Waals surface area contributed by atoms with Crippen molar-refractivity contribution in [1.82, 2.24) is 14.6 Å². The van der Waals surface area contributed by atoms with Crippen LogP contribution in [0, 0.1) is 13.8 Å². The van der Waals surface area contributed by atoms with Crippen molar-refractivity contribution in [3.63, 3.8) is 0 Å². The predicted molar refractivity (Wildman–Crippen MR) is 107 cm³/mol. The Balaban J connectivity index is 1.61. The SMILES string of the molecule is CCC(Sc1nncn2c1cc1occc12)C(=O)Nc1cc(C)ccc1C. The lowest BCUT2D eigenvalue weighted by atomic mass is 10.1. The van der Waals surface area contributed by atoms with Crippen molar-refractivity contribution in [1.29, 1.82) is 0 Å². The molecule has 27 heavy (non-hydrogen) atoms. The van der Waals surface area contributed by atoms with Gasteiger partial charge in [-0.25, -0.2) is 0 Å². The summed E-state index contributed by atoms with van der Waals surface area (Å²) in [5, 5.41) is 11.9. The third-order valence-corrected chi connectivity index (χ3v) is 5.91. The normalized spacial score (nSPS) is 12.6. The number of thioether (sulfide) groups is 1. The number of anilines is 1. The highest BCUT2D eigenvalue weighted by Gasteiger charge is 2.22. The maximum absolute atomic E-state index is 12.9. The van der Waals surface area contributed by atoms with E-state index in [4.69, 9.17) is 4.42 Å². The average molecular weight is 380 g/mol. The van der Waals surface area contributed by atoms with Crippen molar-refractivity contribution in [2.24, 2.45) is 0 Å². The van der Waals surface area contributed by atoms with Crippen molar-refractivity contribution in [2.75, 3.05) is 5.32 Å². The van der Waals surface area contributed by atoms with Crippen molar-refractivity contribution in [3.05, 3.63) is 54.0 Å². The van der Waals surface area contributed by atoms with Crippen LogP contribution in [0.1, 0.15) is 24.5 Å². The van der Waals surface area contributed by atoms with Crippen molar-refractivity contribution in [3.8, 4) is 0 Å². The van der Waals surface area contributed by atoms with E-state index in [1.807, 2.05) is 55.5 Å². The summed E-state index contributed by atoms with van der Waals surface area (Å²) >= 11 is 1.43. The molecule has 1 aromatic carbocycles. The van der Waals surface area contributed by atoms with Crippen molar-refractivity contribution < 1.29 is 9.21 Å². The van der Waals surface area contributed by atoms with Gasteiger partial charge in [0.2, 0.25) is 5.91 Å². The van der Waals surface area contributed by atoms with Crippen LogP contribution in [-0.2, 0) is 4.79 Å². The van der Waals surface area contributed by atoms with Gasteiger partial charge in [-0.3, -0.25) is 9.20 Å². The lowest BCUT2D eigenvalue weighted by Gasteiger charge is -2.16. The van der Waals surface area contributed by atoms with Gasteiger partial charge in [0.25, 0.3) is 0 Å². The molecule has 0 aliphatic carbocycles. The van der Waals surface area contributed by atoms with Crippen LogP contribution in [0.4, 0.5) is 5.69 Å². The topological polar surface area (TPSA) is 72.4 Å². The van der Waals surface area contributed by atoms with Crippen LogP contribution < -0.4 is 5.32 Å². The number of hydrogen-bond donors (Lipinski definition) is 1. The summed E-state index contributed by atoms with van der Waals surface area (Å²) in [7, 11) is 0. The molecule has 0 spiro atoms. The minimum Gasteiger partial charge on any atom is -0.463 e. The number of carbonyl (C=O) groups is 1. The Kier molecular flexibility index (Phi) is 4.61. The molecule has 1 atom stereocenters. The molecule has 6 nitrogen and oxygen atoms in total. The monoisotopic (exact) mass is 380 g/mol. The van der Waals surface area contributed by atoms with Gasteiger partial charge in [0, 0.05) is 17.8 Å². The number of furan rings is 1. The maximum Gasteiger partial charge on any atom is 0.237 e. The van der Waals surface area contributed by atoms with Crippen LogP contribution in [0.15, 0.2) is 52.4 Å². The Morgan fingerprint density at radius 2 is 2.11 bits per heavy atom. The molecule has 1 unspecified atom stereocenters. The largest absolute Gasteiger partial charge is 0.463 e. The lowest BCUT2D eigenvalue weighted by molar-refractivity contribution is -0.115. The van der Waals surface area contributed by atoms with Gasteiger partial charge in [0.05, 0.1) is 22.5 Å². The Bertz CT molecular complexity index is 1130. The number of fused-ring (bicyclic) bond motifs is 3. The number of carbonyl (C=O) groups excluding carboxylic acids is 1. The first-order valence-electron chi connectivity index (χ1n) is 8.81. The Morgan fingerprint density at radius 1 is 1.26 bits per heavy atom. The standard InChI is InChI=1S/C20H20N4O2S/c1-4-18(19(25)22-14-9-12(2)5-6-13(14)3)27-20-16-10-17-15(7-8-26-17)24(16)11-21-23-20/h5-11,18H,4H2,1-3H3,(H,22,25). The smallest absolute Gasteiger partial charge is 0.237 e. The molecular weight excluding hydrogens is 360 g/mol. The molecule has 4 aromatic rings. The average Bonchev–Trinajstić information content (AvgIpc) is 3.24. The summed E-state index contributed by atoms with van der Waals surface area (Å²) in [4.78, 5) is 12.9. The summed E-state index contributed by atoms with van der Waals surface area (Å²) in [5.74, 6) is -0.0322. The van der Waals surface area contributed by atoms with E-state index < -0.39 is 0 Å². The first-order chi connectivity index (χ1) is 13.1. The van der Waals surface area contributed by atoms with Crippen LogP contribution >= 0.6 is 11.8 Å². The van der Waals surface area contributed by atoms with Crippen LogP contribution in [0.5, 0.6) is 0 Å².